The fourth-order valence-electron chi connectivity index (χ4n) is 0.495. The Morgan fingerprint density at radius 2 is 1.91 bits per heavy atom. The van der Waals surface area contributed by atoms with Gasteiger partial charge in [0.05, 0.1) is 0 Å². The van der Waals surface area contributed by atoms with E-state index >= 15 is 0 Å². The van der Waals surface area contributed by atoms with Gasteiger partial charge in [0.15, 0.2) is 0 Å². The van der Waals surface area contributed by atoms with Crippen LogP contribution >= 0.6 is 0 Å². The third-order valence-electron chi connectivity index (χ3n) is 1.54. The first-order chi connectivity index (χ1) is 5.07. The fraction of sp³-hybridized carbons (Fsp3) is 0.667. The number of esters is 1. The van der Waals surface area contributed by atoms with Gasteiger partial charge in [-0.2, -0.15) is 0 Å². The Bertz CT molecular complexity index is 148. The lowest BCUT2D eigenvalue weighted by Crippen LogP contribution is -2.18. The zero-order valence-corrected chi connectivity index (χ0v) is 7.63. The van der Waals surface area contributed by atoms with Crippen LogP contribution in [0, 0.1) is 5.92 Å². The molecule has 0 fully saturated rings. The second kappa shape index (κ2) is 4.94. The van der Waals surface area contributed by atoms with E-state index in [9.17, 15) is 4.79 Å². The molecule has 11 heavy (non-hydrogen) atoms. The van der Waals surface area contributed by atoms with Crippen LogP contribution in [0.3, 0.4) is 0 Å². The molecule has 0 heterocycles. The summed E-state index contributed by atoms with van der Waals surface area (Å²) in [6, 6.07) is 0. The second-order valence-electron chi connectivity index (χ2n) is 2.89. The Labute approximate surface area is 68.2 Å². The van der Waals surface area contributed by atoms with Gasteiger partial charge in [0, 0.05) is 6.08 Å². The van der Waals surface area contributed by atoms with Gasteiger partial charge in [0.25, 0.3) is 0 Å². The molecule has 0 aliphatic carbocycles. The fourth-order valence-corrected chi connectivity index (χ4v) is 0.495. The molecule has 0 aliphatic rings. The van der Waals surface area contributed by atoms with E-state index in [1.165, 1.54) is 6.08 Å². The van der Waals surface area contributed by atoms with E-state index in [2.05, 4.69) is 0 Å². The summed E-state index contributed by atoms with van der Waals surface area (Å²) in [5.74, 6) is 0.123. The van der Waals surface area contributed by atoms with Crippen molar-refractivity contribution in [2.24, 2.45) is 5.92 Å². The van der Waals surface area contributed by atoms with E-state index < -0.39 is 0 Å². The van der Waals surface area contributed by atoms with Gasteiger partial charge in [-0.05, 0) is 19.8 Å². The van der Waals surface area contributed by atoms with Crippen LogP contribution in [0.15, 0.2) is 12.2 Å². The Kier molecular flexibility index (Phi) is 4.59. The summed E-state index contributed by atoms with van der Waals surface area (Å²) < 4.78 is 5.03. The van der Waals surface area contributed by atoms with Crippen LogP contribution < -0.4 is 0 Å². The monoisotopic (exact) mass is 156 g/mol. The van der Waals surface area contributed by atoms with Crippen LogP contribution in [0.1, 0.15) is 27.7 Å². The summed E-state index contributed by atoms with van der Waals surface area (Å²) in [5, 5.41) is 0. The molecule has 0 aromatic carbocycles. The van der Waals surface area contributed by atoms with Crippen molar-refractivity contribution in [2.45, 2.75) is 33.8 Å². The first kappa shape index (κ1) is 10.2. The van der Waals surface area contributed by atoms with E-state index in [-0.39, 0.29) is 12.1 Å². The lowest BCUT2D eigenvalue weighted by Gasteiger charge is -2.14. The Morgan fingerprint density at radius 1 is 1.36 bits per heavy atom. The van der Waals surface area contributed by atoms with Crippen LogP contribution in [-0.2, 0) is 9.53 Å². The molecule has 0 aromatic heterocycles. The standard InChI is InChI=1S/C9H16O2/c1-5-6-9(10)11-8(4)7(2)3/h5-8H,1-4H3/b6-5+. The largest absolute Gasteiger partial charge is 0.459 e. The van der Waals surface area contributed by atoms with Crippen molar-refractivity contribution in [1.82, 2.24) is 0 Å². The van der Waals surface area contributed by atoms with Crippen molar-refractivity contribution in [2.75, 3.05) is 0 Å². The highest BCUT2D eigenvalue weighted by atomic mass is 16.5. The first-order valence-electron chi connectivity index (χ1n) is 3.91. The highest BCUT2D eigenvalue weighted by Crippen LogP contribution is 2.05. The molecule has 1 atom stereocenters. The van der Waals surface area contributed by atoms with E-state index in [0.29, 0.717) is 5.92 Å². The van der Waals surface area contributed by atoms with E-state index in [0.717, 1.165) is 0 Å². The van der Waals surface area contributed by atoms with Crippen molar-refractivity contribution in [3.63, 3.8) is 0 Å². The first-order valence-corrected chi connectivity index (χ1v) is 3.91. The van der Waals surface area contributed by atoms with Gasteiger partial charge in [-0.25, -0.2) is 4.79 Å². The summed E-state index contributed by atoms with van der Waals surface area (Å²) in [5.41, 5.74) is 0. The van der Waals surface area contributed by atoms with E-state index in [1.807, 2.05) is 20.8 Å². The topological polar surface area (TPSA) is 26.3 Å². The molecule has 2 heteroatoms. The third kappa shape index (κ3) is 4.59. The number of rotatable bonds is 3. The normalized spacial score (nSPS) is 13.9. The minimum atomic E-state index is -0.256. The zero-order valence-electron chi connectivity index (χ0n) is 7.63. The lowest BCUT2D eigenvalue weighted by molar-refractivity contribution is -0.144. The van der Waals surface area contributed by atoms with Crippen molar-refractivity contribution in [1.29, 1.82) is 0 Å². The zero-order chi connectivity index (χ0) is 8.85. The molecule has 0 saturated carbocycles. The average molecular weight is 156 g/mol. The predicted molar refractivity (Wildman–Crippen MR) is 45.2 cm³/mol. The quantitative estimate of drug-likeness (QED) is 0.462. The van der Waals surface area contributed by atoms with Gasteiger partial charge >= 0.3 is 5.97 Å². The number of allylic oxidation sites excluding steroid dienone is 1. The van der Waals surface area contributed by atoms with Crippen LogP contribution in [0.5, 0.6) is 0 Å². The molecule has 0 aromatic rings. The van der Waals surface area contributed by atoms with Gasteiger partial charge in [-0.3, -0.25) is 0 Å². The summed E-state index contributed by atoms with van der Waals surface area (Å²) in [6.07, 6.45) is 3.10. The molecular formula is C9H16O2. The number of ether oxygens (including phenoxy) is 1. The molecule has 2 nitrogen and oxygen atoms in total. The van der Waals surface area contributed by atoms with Crippen LogP contribution in [-0.4, -0.2) is 12.1 Å². The SMILES string of the molecule is C/C=C/C(=O)OC(C)C(C)C. The molecule has 0 spiro atoms. The molecule has 64 valence electrons. The third-order valence-corrected chi connectivity index (χ3v) is 1.54. The van der Waals surface area contributed by atoms with Crippen molar-refractivity contribution < 1.29 is 9.53 Å². The van der Waals surface area contributed by atoms with Crippen LogP contribution in [0.2, 0.25) is 0 Å². The lowest BCUT2D eigenvalue weighted by atomic mass is 10.1. The van der Waals surface area contributed by atoms with Crippen molar-refractivity contribution >= 4 is 5.97 Å². The number of hydrogen-bond donors (Lipinski definition) is 0. The summed E-state index contributed by atoms with van der Waals surface area (Å²) >= 11 is 0. The Hall–Kier alpha value is -0.790. The van der Waals surface area contributed by atoms with Crippen molar-refractivity contribution in [3.8, 4) is 0 Å². The van der Waals surface area contributed by atoms with Gasteiger partial charge in [-0.15, -0.1) is 0 Å². The minimum absolute atomic E-state index is 0.00120. The molecule has 0 N–H and O–H groups in total. The predicted octanol–water partition coefficient (Wildman–Crippen LogP) is 2.15. The van der Waals surface area contributed by atoms with Crippen LogP contribution in [0.25, 0.3) is 0 Å². The maximum Gasteiger partial charge on any atom is 0.330 e. The highest BCUT2D eigenvalue weighted by molar-refractivity contribution is 5.81. The maximum atomic E-state index is 10.8. The van der Waals surface area contributed by atoms with Gasteiger partial charge in [-0.1, -0.05) is 19.9 Å². The van der Waals surface area contributed by atoms with Gasteiger partial charge in [0.2, 0.25) is 0 Å². The highest BCUT2D eigenvalue weighted by Gasteiger charge is 2.09. The van der Waals surface area contributed by atoms with E-state index in [1.54, 1.807) is 13.0 Å². The average Bonchev–Trinajstić information content (AvgIpc) is 1.87. The van der Waals surface area contributed by atoms with Gasteiger partial charge in [0.1, 0.15) is 6.10 Å². The maximum absolute atomic E-state index is 10.8. The van der Waals surface area contributed by atoms with Crippen molar-refractivity contribution in [3.05, 3.63) is 12.2 Å². The van der Waals surface area contributed by atoms with Crippen LogP contribution in [0.4, 0.5) is 0 Å². The Morgan fingerprint density at radius 3 is 2.27 bits per heavy atom. The van der Waals surface area contributed by atoms with Gasteiger partial charge < -0.3 is 4.74 Å². The molecule has 0 radical (unpaired) electrons. The number of carbonyl (C=O) groups is 1. The smallest absolute Gasteiger partial charge is 0.330 e. The molecule has 0 saturated heterocycles. The summed E-state index contributed by atoms with van der Waals surface area (Å²) in [7, 11) is 0. The molecule has 1 unspecified atom stereocenters. The Balaban J connectivity index is 3.75. The number of hydrogen-bond acceptors (Lipinski definition) is 2. The second-order valence-corrected chi connectivity index (χ2v) is 2.89. The minimum Gasteiger partial charge on any atom is -0.459 e. The molecule has 0 bridgehead atoms. The number of carbonyl (C=O) groups excluding carboxylic acids is 1. The molecular weight excluding hydrogens is 140 g/mol. The molecule has 0 rings (SSSR count). The summed E-state index contributed by atoms with van der Waals surface area (Å²) in [4.78, 5) is 10.8. The molecule has 0 aliphatic heterocycles. The molecule has 0 amide bonds. The van der Waals surface area contributed by atoms with E-state index in [4.69, 9.17) is 4.74 Å². The summed E-state index contributed by atoms with van der Waals surface area (Å²) in [6.45, 7) is 7.73.